The lowest BCUT2D eigenvalue weighted by Gasteiger charge is -2.36. The van der Waals surface area contributed by atoms with Gasteiger partial charge in [-0.2, -0.15) is 22.0 Å². The van der Waals surface area contributed by atoms with Crippen molar-refractivity contribution in [3.05, 3.63) is 24.4 Å². The molecule has 1 aromatic carbocycles. The fraction of sp³-hybridized carbons (Fsp3) is 0.542. The molecule has 1 aliphatic heterocycles. The lowest BCUT2D eigenvalue weighted by atomic mass is 10.1. The number of nitrogens with zero attached hydrogens (tertiary/aromatic N) is 3. The number of anilines is 2. The van der Waals surface area contributed by atoms with E-state index in [9.17, 15) is 45.1 Å². The Labute approximate surface area is 242 Å². The number of rotatable bonds is 10. The number of nitrogens with one attached hydrogen (secondary N) is 2. The molecule has 2 aromatic rings. The van der Waals surface area contributed by atoms with Crippen molar-refractivity contribution in [2.45, 2.75) is 76.2 Å². The van der Waals surface area contributed by atoms with Crippen LogP contribution in [0, 0.1) is 0 Å². The summed E-state index contributed by atoms with van der Waals surface area (Å²) in [6.07, 6.45) is -6.51. The Bertz CT molecular complexity index is 1460. The molecule has 0 saturated heterocycles. The molecular weight excluding hydrogens is 613 g/mol. The summed E-state index contributed by atoms with van der Waals surface area (Å²) in [7, 11) is -4.78. The SMILES string of the molecule is CCn1cc(S(=O)(=O)N2C[C@H](CNC(=O)C(C)(C)O)Oc3ccc(NC(=O)OC(C)(C)C(F)(F)F)cc32)c(OC(F)F)n1. The van der Waals surface area contributed by atoms with E-state index in [0.29, 0.717) is 13.8 Å². The third-order valence-corrected chi connectivity index (χ3v) is 7.76. The van der Waals surface area contributed by atoms with Gasteiger partial charge in [0.15, 0.2) is 4.90 Å². The number of aliphatic hydroxyl groups is 1. The zero-order valence-corrected chi connectivity index (χ0v) is 24.3. The van der Waals surface area contributed by atoms with Crippen molar-refractivity contribution in [1.82, 2.24) is 15.1 Å². The lowest BCUT2D eigenvalue weighted by molar-refractivity contribution is -0.242. The van der Waals surface area contributed by atoms with Crippen LogP contribution < -0.4 is 24.4 Å². The first-order chi connectivity index (χ1) is 19.7. The molecule has 3 rings (SSSR count). The summed E-state index contributed by atoms with van der Waals surface area (Å²) >= 11 is 0. The summed E-state index contributed by atoms with van der Waals surface area (Å²) in [5.74, 6) is -1.82. The highest BCUT2D eigenvalue weighted by molar-refractivity contribution is 7.93. The van der Waals surface area contributed by atoms with Crippen LogP contribution in [0.2, 0.25) is 0 Å². The zero-order chi connectivity index (χ0) is 32.5. The van der Waals surface area contributed by atoms with Crippen molar-refractivity contribution in [2.24, 2.45) is 0 Å². The van der Waals surface area contributed by atoms with Crippen molar-refractivity contribution < 1.29 is 59.3 Å². The van der Waals surface area contributed by atoms with Crippen molar-refractivity contribution in [3.63, 3.8) is 0 Å². The van der Waals surface area contributed by atoms with Crippen molar-refractivity contribution in [3.8, 4) is 11.6 Å². The number of aromatic nitrogens is 2. The maximum Gasteiger partial charge on any atom is 0.427 e. The van der Waals surface area contributed by atoms with E-state index < -0.39 is 69.4 Å². The van der Waals surface area contributed by atoms with Gasteiger partial charge in [0.2, 0.25) is 5.60 Å². The van der Waals surface area contributed by atoms with Crippen LogP contribution in [0.4, 0.5) is 38.1 Å². The Morgan fingerprint density at radius 3 is 2.42 bits per heavy atom. The second-order valence-electron chi connectivity index (χ2n) is 10.3. The highest BCUT2D eigenvalue weighted by atomic mass is 32.2. The fourth-order valence-electron chi connectivity index (χ4n) is 3.59. The number of carbonyl (C=O) groups excluding carboxylic acids is 2. The molecule has 0 bridgehead atoms. The van der Waals surface area contributed by atoms with Gasteiger partial charge in [0.1, 0.15) is 17.5 Å². The molecule has 2 heterocycles. The molecule has 13 nitrogen and oxygen atoms in total. The normalized spacial score (nSPS) is 15.9. The smallest absolute Gasteiger partial charge is 0.427 e. The average molecular weight is 644 g/mol. The second-order valence-corrected chi connectivity index (χ2v) is 12.1. The summed E-state index contributed by atoms with van der Waals surface area (Å²) in [5, 5.41) is 18.1. The molecule has 0 saturated carbocycles. The Morgan fingerprint density at radius 1 is 1.21 bits per heavy atom. The first-order valence-corrected chi connectivity index (χ1v) is 14.0. The number of alkyl halides is 5. The van der Waals surface area contributed by atoms with Gasteiger partial charge in [-0.3, -0.25) is 19.1 Å². The number of fused-ring (bicyclic) bond motifs is 1. The first-order valence-electron chi connectivity index (χ1n) is 12.6. The number of sulfonamides is 1. The number of amides is 2. The largest absolute Gasteiger partial charge is 0.484 e. The molecule has 0 spiro atoms. The highest BCUT2D eigenvalue weighted by Crippen LogP contribution is 2.41. The molecule has 43 heavy (non-hydrogen) atoms. The number of halogens is 5. The minimum absolute atomic E-state index is 0.0882. The molecular formula is C24H30F5N5O8S. The predicted octanol–water partition coefficient (Wildman–Crippen LogP) is 3.24. The quantitative estimate of drug-likeness (QED) is 0.330. The van der Waals surface area contributed by atoms with Crippen LogP contribution in [-0.4, -0.2) is 78.5 Å². The number of benzene rings is 1. The maximum absolute atomic E-state index is 13.9. The Balaban J connectivity index is 2.03. The lowest BCUT2D eigenvalue weighted by Crippen LogP contribution is -2.51. The van der Waals surface area contributed by atoms with E-state index in [1.165, 1.54) is 26.0 Å². The van der Waals surface area contributed by atoms with Gasteiger partial charge < -0.3 is 24.6 Å². The topological polar surface area (TPSA) is 161 Å². The molecule has 240 valence electrons. The van der Waals surface area contributed by atoms with Gasteiger partial charge >= 0.3 is 18.9 Å². The zero-order valence-electron chi connectivity index (χ0n) is 23.5. The molecule has 1 atom stereocenters. The fourth-order valence-corrected chi connectivity index (χ4v) is 5.15. The van der Waals surface area contributed by atoms with E-state index in [0.717, 1.165) is 21.3 Å². The van der Waals surface area contributed by atoms with Gasteiger partial charge in [-0.1, -0.05) is 0 Å². The number of hydrogen-bond acceptors (Lipinski definition) is 9. The molecule has 19 heteroatoms. The monoisotopic (exact) mass is 643 g/mol. The van der Waals surface area contributed by atoms with Crippen LogP contribution in [0.5, 0.6) is 11.6 Å². The van der Waals surface area contributed by atoms with Crippen molar-refractivity contribution >= 4 is 33.4 Å². The molecule has 1 aliphatic rings. The van der Waals surface area contributed by atoms with E-state index in [1.54, 1.807) is 6.92 Å². The molecule has 1 aromatic heterocycles. The summed E-state index contributed by atoms with van der Waals surface area (Å²) < 4.78 is 110. The average Bonchev–Trinajstić information content (AvgIpc) is 3.28. The van der Waals surface area contributed by atoms with Crippen LogP contribution in [0.1, 0.15) is 34.6 Å². The molecule has 0 unspecified atom stereocenters. The van der Waals surface area contributed by atoms with E-state index in [-0.39, 0.29) is 30.2 Å². The van der Waals surface area contributed by atoms with Crippen molar-refractivity contribution in [2.75, 3.05) is 22.7 Å². The van der Waals surface area contributed by atoms with Gasteiger partial charge in [-0.15, -0.1) is 5.10 Å². The number of ether oxygens (including phenoxy) is 3. The Kier molecular flexibility index (Phi) is 9.40. The van der Waals surface area contributed by atoms with Crippen LogP contribution >= 0.6 is 0 Å². The first kappa shape index (κ1) is 33.6. The summed E-state index contributed by atoms with van der Waals surface area (Å²) in [4.78, 5) is 23.7. The third-order valence-electron chi connectivity index (χ3n) is 6.00. The van der Waals surface area contributed by atoms with Gasteiger partial charge in [0.05, 0.1) is 18.8 Å². The summed E-state index contributed by atoms with van der Waals surface area (Å²) in [6, 6.07) is 3.43. The highest BCUT2D eigenvalue weighted by Gasteiger charge is 2.51. The molecule has 0 fully saturated rings. The Hall–Kier alpha value is -3.87. The van der Waals surface area contributed by atoms with Crippen LogP contribution in [0.15, 0.2) is 29.3 Å². The van der Waals surface area contributed by atoms with Gasteiger partial charge in [0, 0.05) is 18.4 Å². The minimum Gasteiger partial charge on any atom is -0.484 e. The predicted molar refractivity (Wildman–Crippen MR) is 139 cm³/mol. The van der Waals surface area contributed by atoms with E-state index in [4.69, 9.17) is 4.74 Å². The minimum atomic E-state index is -4.89. The van der Waals surface area contributed by atoms with Gasteiger partial charge in [0.25, 0.3) is 21.8 Å². The van der Waals surface area contributed by atoms with Gasteiger partial charge in [-0.05, 0) is 52.8 Å². The van der Waals surface area contributed by atoms with Crippen LogP contribution in [0.25, 0.3) is 0 Å². The summed E-state index contributed by atoms with van der Waals surface area (Å²) in [5.41, 5.74) is -5.08. The molecule has 2 amide bonds. The number of hydrogen-bond donors (Lipinski definition) is 3. The number of carbonyl (C=O) groups is 2. The van der Waals surface area contributed by atoms with Crippen LogP contribution in [0.3, 0.4) is 0 Å². The molecule has 0 aliphatic carbocycles. The van der Waals surface area contributed by atoms with E-state index in [2.05, 4.69) is 25.2 Å². The third kappa shape index (κ3) is 7.75. The Morgan fingerprint density at radius 2 is 1.86 bits per heavy atom. The van der Waals surface area contributed by atoms with E-state index >= 15 is 0 Å². The van der Waals surface area contributed by atoms with E-state index in [1.807, 2.05) is 0 Å². The van der Waals surface area contributed by atoms with Gasteiger partial charge in [-0.25, -0.2) is 13.2 Å². The maximum atomic E-state index is 13.9. The summed E-state index contributed by atoms with van der Waals surface area (Å²) in [6.45, 7) is 1.12. The van der Waals surface area contributed by atoms with Crippen LogP contribution in [-0.2, 0) is 26.1 Å². The molecule has 0 radical (unpaired) electrons. The second kappa shape index (κ2) is 12.0. The van der Waals surface area contributed by atoms with Crippen molar-refractivity contribution in [1.29, 1.82) is 0 Å². The number of aryl methyl sites for hydroxylation is 1. The molecule has 3 N–H and O–H groups in total. The standard InChI is InChI=1S/C24H30F5N5O8S/c1-6-33-12-17(18(32-33)41-20(25)26)43(38,39)34-11-14(10-30-19(35)22(2,3)37)40-16-8-7-13(9-15(16)34)31-21(36)42-23(4,5)24(27,28)29/h7-9,12,14,20,37H,6,10-11H2,1-5H3,(H,30,35)(H,31,36)/t14-/m0/s1.